The predicted octanol–water partition coefficient (Wildman–Crippen LogP) is 2.99. The van der Waals surface area contributed by atoms with Crippen molar-refractivity contribution >= 4 is 17.4 Å². The van der Waals surface area contributed by atoms with E-state index in [4.69, 9.17) is 4.74 Å². The van der Waals surface area contributed by atoms with Crippen molar-refractivity contribution in [2.75, 3.05) is 34.3 Å². The van der Waals surface area contributed by atoms with Gasteiger partial charge < -0.3 is 19.6 Å². The van der Waals surface area contributed by atoms with Crippen LogP contribution in [-0.4, -0.2) is 60.9 Å². The maximum Gasteiger partial charge on any atom is 0.295 e. The molecular weight excluding hydrogens is 368 g/mol. The Balaban J connectivity index is 2.13. The number of benzene rings is 2. The lowest BCUT2D eigenvalue weighted by Crippen LogP contribution is -2.35. The van der Waals surface area contributed by atoms with E-state index in [0.717, 1.165) is 11.1 Å². The summed E-state index contributed by atoms with van der Waals surface area (Å²) in [6.45, 7) is 2.85. The first-order valence-electron chi connectivity index (χ1n) is 9.48. The summed E-state index contributed by atoms with van der Waals surface area (Å²) in [5, 5.41) is 11.1. The van der Waals surface area contributed by atoms with Crippen LogP contribution in [0.4, 0.5) is 0 Å². The molecule has 6 heteroatoms. The number of carbonyl (C=O) groups is 2. The molecular formula is C23H26N2O4. The van der Waals surface area contributed by atoms with Crippen LogP contribution in [0.5, 0.6) is 5.75 Å². The van der Waals surface area contributed by atoms with Gasteiger partial charge in [0.25, 0.3) is 11.7 Å². The van der Waals surface area contributed by atoms with Gasteiger partial charge in [-0.1, -0.05) is 30.3 Å². The average Bonchev–Trinajstić information content (AvgIpc) is 2.97. The molecule has 1 fully saturated rings. The van der Waals surface area contributed by atoms with Crippen molar-refractivity contribution in [3.8, 4) is 5.75 Å². The predicted molar refractivity (Wildman–Crippen MR) is 112 cm³/mol. The number of likely N-dealkylation sites (tertiary alicyclic amines) is 1. The van der Waals surface area contributed by atoms with Gasteiger partial charge in [0.15, 0.2) is 0 Å². The molecule has 0 spiro atoms. The second-order valence-electron chi connectivity index (χ2n) is 7.39. The molecule has 2 aromatic rings. The number of ketones is 1. The first-order valence-corrected chi connectivity index (χ1v) is 9.48. The van der Waals surface area contributed by atoms with Crippen LogP contribution in [0.2, 0.25) is 0 Å². The molecule has 0 aromatic heterocycles. The van der Waals surface area contributed by atoms with Gasteiger partial charge in [0.2, 0.25) is 0 Å². The number of amides is 1. The van der Waals surface area contributed by atoms with Crippen LogP contribution in [0.15, 0.2) is 54.1 Å². The summed E-state index contributed by atoms with van der Waals surface area (Å²) in [6, 6.07) is 13.9. The third-order valence-electron chi connectivity index (χ3n) is 5.11. The molecule has 0 radical (unpaired) electrons. The molecule has 1 aliphatic heterocycles. The number of aliphatic hydroxyl groups excluding tert-OH is 1. The molecule has 2 aromatic carbocycles. The largest absolute Gasteiger partial charge is 0.507 e. The Bertz CT molecular complexity index is 951. The van der Waals surface area contributed by atoms with Crippen molar-refractivity contribution in [1.29, 1.82) is 0 Å². The Labute approximate surface area is 171 Å². The van der Waals surface area contributed by atoms with Crippen LogP contribution in [0.1, 0.15) is 22.7 Å². The van der Waals surface area contributed by atoms with E-state index in [9.17, 15) is 14.7 Å². The number of Topliss-reactive ketones (excluding diaryl/α,β-unsaturated/α-hetero) is 1. The third kappa shape index (κ3) is 4.03. The maximum absolute atomic E-state index is 12.9. The monoisotopic (exact) mass is 394 g/mol. The minimum absolute atomic E-state index is 0.115. The molecule has 1 saturated heterocycles. The quantitative estimate of drug-likeness (QED) is 0.463. The SMILES string of the molecule is COc1ccc(C(O)=C2C(=O)C(=O)N(CCN(C)C)[C@H]2c2ccccc2)cc1C. The molecule has 3 rings (SSSR count). The molecule has 29 heavy (non-hydrogen) atoms. The van der Waals surface area contributed by atoms with Gasteiger partial charge >= 0.3 is 0 Å². The van der Waals surface area contributed by atoms with Crippen molar-refractivity contribution in [3.05, 3.63) is 70.8 Å². The first kappa shape index (κ1) is 20.6. The van der Waals surface area contributed by atoms with Crippen molar-refractivity contribution < 1.29 is 19.4 Å². The molecule has 6 nitrogen and oxygen atoms in total. The highest BCUT2D eigenvalue weighted by molar-refractivity contribution is 6.46. The molecule has 1 atom stereocenters. The smallest absolute Gasteiger partial charge is 0.295 e. The second kappa shape index (κ2) is 8.49. The molecule has 0 aliphatic carbocycles. The maximum atomic E-state index is 12.9. The number of methoxy groups -OCH3 is 1. The number of nitrogens with zero attached hydrogens (tertiary/aromatic N) is 2. The Kier molecular flexibility index (Phi) is 6.03. The Hall–Kier alpha value is -3.12. The molecule has 1 amide bonds. The fourth-order valence-corrected chi connectivity index (χ4v) is 3.58. The van der Waals surface area contributed by atoms with Crippen molar-refractivity contribution in [3.63, 3.8) is 0 Å². The van der Waals surface area contributed by atoms with E-state index in [-0.39, 0.29) is 11.3 Å². The van der Waals surface area contributed by atoms with Gasteiger partial charge in [-0.3, -0.25) is 9.59 Å². The number of rotatable bonds is 6. The fourth-order valence-electron chi connectivity index (χ4n) is 3.58. The highest BCUT2D eigenvalue weighted by Crippen LogP contribution is 2.39. The van der Waals surface area contributed by atoms with Crippen LogP contribution in [-0.2, 0) is 9.59 Å². The van der Waals surface area contributed by atoms with E-state index >= 15 is 0 Å². The molecule has 1 aliphatic rings. The molecule has 0 saturated carbocycles. The zero-order chi connectivity index (χ0) is 21.1. The van der Waals surface area contributed by atoms with Crippen molar-refractivity contribution in [2.45, 2.75) is 13.0 Å². The average molecular weight is 394 g/mol. The van der Waals surface area contributed by atoms with E-state index < -0.39 is 17.7 Å². The summed E-state index contributed by atoms with van der Waals surface area (Å²) in [5.74, 6) is -0.737. The van der Waals surface area contributed by atoms with Crippen LogP contribution >= 0.6 is 0 Å². The zero-order valence-corrected chi connectivity index (χ0v) is 17.2. The lowest BCUT2D eigenvalue weighted by molar-refractivity contribution is -0.140. The highest BCUT2D eigenvalue weighted by atomic mass is 16.5. The Morgan fingerprint density at radius 3 is 2.41 bits per heavy atom. The lowest BCUT2D eigenvalue weighted by Gasteiger charge is -2.26. The van der Waals surface area contributed by atoms with E-state index in [0.29, 0.717) is 24.4 Å². The summed E-state index contributed by atoms with van der Waals surface area (Å²) >= 11 is 0. The second-order valence-corrected chi connectivity index (χ2v) is 7.39. The third-order valence-corrected chi connectivity index (χ3v) is 5.11. The summed E-state index contributed by atoms with van der Waals surface area (Å²) in [5.41, 5.74) is 2.21. The van der Waals surface area contributed by atoms with Gasteiger partial charge in [0.05, 0.1) is 18.7 Å². The lowest BCUT2D eigenvalue weighted by atomic mass is 9.95. The first-order chi connectivity index (χ1) is 13.8. The summed E-state index contributed by atoms with van der Waals surface area (Å²) in [4.78, 5) is 29.2. The van der Waals surface area contributed by atoms with Crippen LogP contribution in [0, 0.1) is 6.92 Å². The molecule has 0 bridgehead atoms. The number of aliphatic hydroxyl groups is 1. The number of hydrogen-bond donors (Lipinski definition) is 1. The van der Waals surface area contributed by atoms with E-state index in [2.05, 4.69) is 0 Å². The normalized spacial score (nSPS) is 18.5. The van der Waals surface area contributed by atoms with Gasteiger partial charge in [0.1, 0.15) is 11.5 Å². The minimum atomic E-state index is -0.663. The van der Waals surface area contributed by atoms with E-state index in [1.165, 1.54) is 0 Å². The molecule has 152 valence electrons. The van der Waals surface area contributed by atoms with E-state index in [1.807, 2.05) is 56.3 Å². The topological polar surface area (TPSA) is 70.1 Å². The summed E-state index contributed by atoms with van der Waals surface area (Å²) < 4.78 is 5.27. The molecule has 1 heterocycles. The zero-order valence-electron chi connectivity index (χ0n) is 17.2. The standard InChI is InChI=1S/C23H26N2O4/c1-15-14-17(10-11-18(15)29-4)21(26)19-20(16-8-6-5-7-9-16)25(13-12-24(2)3)23(28)22(19)27/h5-11,14,20,26H,12-13H2,1-4H3/t20-/m0/s1. The minimum Gasteiger partial charge on any atom is -0.507 e. The number of carbonyl (C=O) groups excluding carboxylic acids is 2. The Morgan fingerprint density at radius 2 is 1.83 bits per heavy atom. The number of likely N-dealkylation sites (N-methyl/N-ethyl adjacent to an activating group) is 1. The summed E-state index contributed by atoms with van der Waals surface area (Å²) in [6.07, 6.45) is 0. The van der Waals surface area contributed by atoms with Gasteiger partial charge in [-0.2, -0.15) is 0 Å². The van der Waals surface area contributed by atoms with Gasteiger partial charge in [-0.25, -0.2) is 0 Å². The fraction of sp³-hybridized carbons (Fsp3) is 0.304. The molecule has 1 N–H and O–H groups in total. The van der Waals surface area contributed by atoms with Crippen molar-refractivity contribution in [1.82, 2.24) is 9.80 Å². The molecule has 0 unspecified atom stereocenters. The van der Waals surface area contributed by atoms with Crippen LogP contribution in [0.3, 0.4) is 0 Å². The van der Waals surface area contributed by atoms with E-state index in [1.54, 1.807) is 30.2 Å². The van der Waals surface area contributed by atoms with Crippen LogP contribution in [0.25, 0.3) is 5.76 Å². The number of hydrogen-bond acceptors (Lipinski definition) is 5. The van der Waals surface area contributed by atoms with Gasteiger partial charge in [0, 0.05) is 18.7 Å². The van der Waals surface area contributed by atoms with Crippen LogP contribution < -0.4 is 4.74 Å². The number of aryl methyl sites for hydroxylation is 1. The Morgan fingerprint density at radius 1 is 1.14 bits per heavy atom. The van der Waals surface area contributed by atoms with Gasteiger partial charge in [-0.15, -0.1) is 0 Å². The number of ether oxygens (including phenoxy) is 1. The summed E-state index contributed by atoms with van der Waals surface area (Å²) in [7, 11) is 5.40. The van der Waals surface area contributed by atoms with Gasteiger partial charge in [-0.05, 0) is 50.3 Å². The van der Waals surface area contributed by atoms with Crippen molar-refractivity contribution in [2.24, 2.45) is 0 Å². The highest BCUT2D eigenvalue weighted by Gasteiger charge is 2.45.